The fraction of sp³-hybridized carbons (Fsp3) is 0.600. The molecule has 5 nitrogen and oxygen atoms in total. The molecule has 1 aromatic carbocycles. The Morgan fingerprint density at radius 2 is 1.92 bits per heavy atom. The van der Waals surface area contributed by atoms with Crippen molar-refractivity contribution in [1.82, 2.24) is 0 Å². The third kappa shape index (κ3) is 5.20. The molecule has 0 N–H and O–H groups in total. The molecule has 1 aliphatic rings. The first-order valence-corrected chi connectivity index (χ1v) is 9.04. The van der Waals surface area contributed by atoms with Gasteiger partial charge >= 0.3 is 5.97 Å². The molecule has 0 aliphatic carbocycles. The Morgan fingerprint density at radius 3 is 2.44 bits per heavy atom. The Hall–Kier alpha value is -2.06. The zero-order valence-corrected chi connectivity index (χ0v) is 15.4. The maximum atomic E-state index is 12.1. The average Bonchev–Trinajstić information content (AvgIpc) is 2.63. The first-order chi connectivity index (χ1) is 12.1. The molecule has 1 aromatic rings. The van der Waals surface area contributed by atoms with Gasteiger partial charge in [-0.2, -0.15) is 5.26 Å². The summed E-state index contributed by atoms with van der Waals surface area (Å²) in [5.41, 5.74) is 2.33. The first kappa shape index (κ1) is 19.3. The van der Waals surface area contributed by atoms with E-state index >= 15 is 0 Å². The second-order valence-electron chi connectivity index (χ2n) is 6.74. The molecule has 0 amide bonds. The Bertz CT molecular complexity index is 586. The van der Waals surface area contributed by atoms with E-state index in [0.29, 0.717) is 13.0 Å². The number of esters is 1. The summed E-state index contributed by atoms with van der Waals surface area (Å²) >= 11 is 0. The minimum Gasteiger partial charge on any atom is -0.465 e. The van der Waals surface area contributed by atoms with Gasteiger partial charge in [0.05, 0.1) is 25.9 Å². The molecule has 25 heavy (non-hydrogen) atoms. The molecular weight excluding hydrogens is 316 g/mol. The van der Waals surface area contributed by atoms with Crippen molar-refractivity contribution < 1.29 is 14.3 Å². The number of hydrogen-bond acceptors (Lipinski definition) is 5. The fourth-order valence-electron chi connectivity index (χ4n) is 3.23. The van der Waals surface area contributed by atoms with Crippen LogP contribution >= 0.6 is 0 Å². The maximum absolute atomic E-state index is 12.1. The van der Waals surface area contributed by atoms with Gasteiger partial charge in [-0.05, 0) is 42.9 Å². The van der Waals surface area contributed by atoms with Gasteiger partial charge in [-0.25, -0.2) is 0 Å². The van der Waals surface area contributed by atoms with Crippen molar-refractivity contribution in [2.45, 2.75) is 27.2 Å². The molecule has 0 radical (unpaired) electrons. The molecule has 0 spiro atoms. The normalized spacial score (nSPS) is 17.0. The van der Waals surface area contributed by atoms with Gasteiger partial charge in [0.25, 0.3) is 0 Å². The number of benzene rings is 1. The minimum absolute atomic E-state index is 0.0571. The summed E-state index contributed by atoms with van der Waals surface area (Å²) < 4.78 is 10.5. The van der Waals surface area contributed by atoms with Crippen molar-refractivity contribution in [3.63, 3.8) is 0 Å². The Labute approximate surface area is 150 Å². The highest BCUT2D eigenvalue weighted by Gasteiger charge is 2.32. The minimum atomic E-state index is -0.723. The molecule has 1 saturated heterocycles. The van der Waals surface area contributed by atoms with Crippen molar-refractivity contribution in [2.75, 3.05) is 37.8 Å². The molecule has 0 aromatic heterocycles. The number of carbonyl (C=O) groups is 1. The zero-order valence-electron chi connectivity index (χ0n) is 15.4. The van der Waals surface area contributed by atoms with Gasteiger partial charge in [0, 0.05) is 18.8 Å². The van der Waals surface area contributed by atoms with Gasteiger partial charge in [-0.3, -0.25) is 4.79 Å². The van der Waals surface area contributed by atoms with Crippen molar-refractivity contribution in [3.05, 3.63) is 29.8 Å². The lowest BCUT2D eigenvalue weighted by molar-refractivity contribution is -0.148. The van der Waals surface area contributed by atoms with Crippen LogP contribution in [0.25, 0.3) is 0 Å². The van der Waals surface area contributed by atoms with Crippen LogP contribution in [0, 0.1) is 29.1 Å². The molecular formula is C20H28N2O3. The number of rotatable bonds is 7. The number of ether oxygens (including phenoxy) is 2. The van der Waals surface area contributed by atoms with E-state index in [2.05, 4.69) is 49.1 Å². The van der Waals surface area contributed by atoms with Crippen LogP contribution in [-0.4, -0.2) is 38.9 Å². The van der Waals surface area contributed by atoms with E-state index in [1.54, 1.807) is 6.92 Å². The molecule has 5 heteroatoms. The number of nitriles is 1. The number of hydrogen-bond donors (Lipinski definition) is 0. The largest absolute Gasteiger partial charge is 0.465 e. The number of carbonyl (C=O) groups excluding carboxylic acids is 1. The smallest absolute Gasteiger partial charge is 0.323 e. The second kappa shape index (κ2) is 9.43. The van der Waals surface area contributed by atoms with E-state index in [9.17, 15) is 10.1 Å². The van der Waals surface area contributed by atoms with Gasteiger partial charge in [0.1, 0.15) is 5.92 Å². The van der Waals surface area contributed by atoms with E-state index in [1.807, 2.05) is 0 Å². The second-order valence-corrected chi connectivity index (χ2v) is 6.74. The molecule has 136 valence electrons. The van der Waals surface area contributed by atoms with Gasteiger partial charge in [0.2, 0.25) is 0 Å². The number of morpholine rings is 1. The number of anilines is 1. The topological polar surface area (TPSA) is 62.6 Å². The Kier molecular flexibility index (Phi) is 7.27. The molecule has 2 unspecified atom stereocenters. The molecule has 2 atom stereocenters. The SMILES string of the molecule is CCOC(=O)C(C#N)C(Cc1ccc(N2CCOCC2)cc1)C(C)C. The summed E-state index contributed by atoms with van der Waals surface area (Å²) in [6.45, 7) is 9.52. The summed E-state index contributed by atoms with van der Waals surface area (Å²) in [6, 6.07) is 10.6. The van der Waals surface area contributed by atoms with Gasteiger partial charge in [-0.1, -0.05) is 26.0 Å². The summed E-state index contributed by atoms with van der Waals surface area (Å²) in [5, 5.41) is 9.47. The van der Waals surface area contributed by atoms with Crippen LogP contribution in [-0.2, 0) is 20.7 Å². The van der Waals surface area contributed by atoms with E-state index in [0.717, 1.165) is 31.9 Å². The highest BCUT2D eigenvalue weighted by Crippen LogP contribution is 2.27. The van der Waals surface area contributed by atoms with Crippen LogP contribution in [0.1, 0.15) is 26.3 Å². The van der Waals surface area contributed by atoms with Crippen LogP contribution < -0.4 is 4.90 Å². The van der Waals surface area contributed by atoms with Crippen LogP contribution in [0.2, 0.25) is 0 Å². The quantitative estimate of drug-likeness (QED) is 0.712. The zero-order chi connectivity index (χ0) is 18.2. The van der Waals surface area contributed by atoms with E-state index in [1.165, 1.54) is 5.69 Å². The van der Waals surface area contributed by atoms with Gasteiger partial charge in [-0.15, -0.1) is 0 Å². The van der Waals surface area contributed by atoms with Crippen molar-refractivity contribution >= 4 is 11.7 Å². The summed E-state index contributed by atoms with van der Waals surface area (Å²) in [7, 11) is 0. The third-order valence-electron chi connectivity index (χ3n) is 4.75. The maximum Gasteiger partial charge on any atom is 0.323 e. The van der Waals surface area contributed by atoms with Crippen LogP contribution in [0.5, 0.6) is 0 Å². The standard InChI is InChI=1S/C20H28N2O3/c1-4-25-20(23)19(14-21)18(15(2)3)13-16-5-7-17(8-6-16)22-9-11-24-12-10-22/h5-8,15,18-19H,4,9-13H2,1-3H3. The monoisotopic (exact) mass is 344 g/mol. The van der Waals surface area contributed by atoms with Gasteiger partial charge in [0.15, 0.2) is 0 Å². The van der Waals surface area contributed by atoms with Crippen molar-refractivity contribution in [1.29, 1.82) is 5.26 Å². The molecule has 1 fully saturated rings. The van der Waals surface area contributed by atoms with Crippen molar-refractivity contribution in [3.8, 4) is 6.07 Å². The van der Waals surface area contributed by atoms with E-state index in [-0.39, 0.29) is 11.8 Å². The number of nitrogens with zero attached hydrogens (tertiary/aromatic N) is 2. The van der Waals surface area contributed by atoms with E-state index in [4.69, 9.17) is 9.47 Å². The predicted octanol–water partition coefficient (Wildman–Crippen LogP) is 3.04. The summed E-state index contributed by atoms with van der Waals surface area (Å²) in [6.07, 6.45) is 0.693. The highest BCUT2D eigenvalue weighted by molar-refractivity contribution is 5.75. The van der Waals surface area contributed by atoms with Crippen LogP contribution in [0.4, 0.5) is 5.69 Å². The Balaban J connectivity index is 2.08. The fourth-order valence-corrected chi connectivity index (χ4v) is 3.23. The average molecular weight is 344 g/mol. The first-order valence-electron chi connectivity index (χ1n) is 9.04. The lowest BCUT2D eigenvalue weighted by Gasteiger charge is -2.29. The molecule has 0 saturated carbocycles. The molecule has 1 aliphatic heterocycles. The van der Waals surface area contributed by atoms with Crippen LogP contribution in [0.3, 0.4) is 0 Å². The van der Waals surface area contributed by atoms with Gasteiger partial charge < -0.3 is 14.4 Å². The molecule has 2 rings (SSSR count). The molecule has 1 heterocycles. The summed E-state index contributed by atoms with van der Waals surface area (Å²) in [5.74, 6) is -0.973. The van der Waals surface area contributed by atoms with Crippen molar-refractivity contribution in [2.24, 2.45) is 17.8 Å². The molecule has 0 bridgehead atoms. The van der Waals surface area contributed by atoms with Crippen LogP contribution in [0.15, 0.2) is 24.3 Å². The lowest BCUT2D eigenvalue weighted by Crippen LogP contribution is -2.36. The lowest BCUT2D eigenvalue weighted by atomic mass is 9.79. The Morgan fingerprint density at radius 1 is 1.28 bits per heavy atom. The third-order valence-corrected chi connectivity index (χ3v) is 4.75. The summed E-state index contributed by atoms with van der Waals surface area (Å²) in [4.78, 5) is 14.4. The van der Waals surface area contributed by atoms with E-state index < -0.39 is 11.9 Å². The highest BCUT2D eigenvalue weighted by atomic mass is 16.5. The predicted molar refractivity (Wildman–Crippen MR) is 97.2 cm³/mol.